The summed E-state index contributed by atoms with van der Waals surface area (Å²) in [4.78, 5) is 5.05. The van der Waals surface area contributed by atoms with E-state index in [4.69, 9.17) is 0 Å². The first-order valence-electron chi connectivity index (χ1n) is 15.1. The monoisotopic (exact) mass is 570 g/mol. The van der Waals surface area contributed by atoms with Crippen LogP contribution in [0.3, 0.4) is 0 Å². The van der Waals surface area contributed by atoms with Crippen molar-refractivity contribution < 1.29 is 0 Å². The fraction of sp³-hybridized carbons (Fsp3) is 0.105. The van der Waals surface area contributed by atoms with Crippen LogP contribution in [-0.2, 0) is 5.79 Å². The third-order valence-electron chi connectivity index (χ3n) is 10.1. The number of allylic oxidation sites excluding steroid dienone is 2. The molecule has 3 aliphatic heterocycles. The first kappa shape index (κ1) is 22.9. The summed E-state index contributed by atoms with van der Waals surface area (Å²) in [5, 5.41) is 9.47. The van der Waals surface area contributed by atoms with Gasteiger partial charge in [-0.25, -0.2) is 4.90 Å². The minimum atomic E-state index is -0.189. The van der Waals surface area contributed by atoms with E-state index in [-0.39, 0.29) is 5.79 Å². The minimum Gasteiger partial charge on any atom is -0.310 e. The van der Waals surface area contributed by atoms with Gasteiger partial charge in [0, 0.05) is 49.3 Å². The molecule has 4 unspecified atom stereocenters. The summed E-state index contributed by atoms with van der Waals surface area (Å²) < 4.78 is 5.38. The van der Waals surface area contributed by atoms with Gasteiger partial charge in [-0.15, -0.1) is 11.3 Å². The molecule has 11 rings (SSSR count). The van der Waals surface area contributed by atoms with Crippen LogP contribution in [0, 0.1) is 0 Å². The highest BCUT2D eigenvalue weighted by molar-refractivity contribution is 7.26. The van der Waals surface area contributed by atoms with Crippen LogP contribution in [0.15, 0.2) is 133 Å². The molecule has 0 bridgehead atoms. The van der Waals surface area contributed by atoms with Gasteiger partial charge in [0.25, 0.3) is 0 Å². The zero-order valence-corrected chi connectivity index (χ0v) is 24.0. The molecule has 0 saturated carbocycles. The van der Waals surface area contributed by atoms with Gasteiger partial charge in [0.1, 0.15) is 0 Å². The van der Waals surface area contributed by atoms with Crippen molar-refractivity contribution in [1.82, 2.24) is 14.8 Å². The van der Waals surface area contributed by atoms with Crippen molar-refractivity contribution in [3.05, 3.63) is 139 Å². The molecule has 204 valence electrons. The molecule has 1 N–H and O–H groups in total. The highest BCUT2D eigenvalue weighted by Crippen LogP contribution is 2.68. The van der Waals surface area contributed by atoms with Gasteiger partial charge < -0.3 is 9.47 Å². The molecular weight excluding hydrogens is 545 g/mol. The van der Waals surface area contributed by atoms with Crippen molar-refractivity contribution in [3.63, 3.8) is 0 Å². The summed E-state index contributed by atoms with van der Waals surface area (Å²) in [7, 11) is 0. The number of anilines is 3. The second kappa shape index (κ2) is 7.82. The number of benzene rings is 5. The van der Waals surface area contributed by atoms with Crippen LogP contribution in [-0.4, -0.2) is 21.6 Å². The van der Waals surface area contributed by atoms with Crippen LogP contribution in [0.25, 0.3) is 42.0 Å². The van der Waals surface area contributed by atoms with Crippen molar-refractivity contribution in [2.75, 3.05) is 4.90 Å². The molecule has 5 aromatic carbocycles. The maximum Gasteiger partial charge on any atom is 0.175 e. The van der Waals surface area contributed by atoms with Crippen molar-refractivity contribution in [3.8, 4) is 0 Å². The Kier molecular flexibility index (Phi) is 4.16. The van der Waals surface area contributed by atoms with Crippen LogP contribution in [0.1, 0.15) is 11.6 Å². The number of piperazine rings is 1. The number of hydrogen-bond acceptors (Lipinski definition) is 4. The topological polar surface area (TPSA) is 23.2 Å². The number of para-hydroxylation sites is 3. The molecule has 4 aliphatic rings. The standard InChI is InChI=1S/C38H26N4S/c1-3-10-23(11-4-1)40(24-12-5-2-6-13-24)25-18-21-33-30(22-25)28-20-19-27-26-14-9-15-29-34(26)42(35(27)36(28)43-33)38-37(29)41(38)32-17-8-7-16-31(32)39-38/h1-22,31-32,37,39H/t31?,32?,37?,38?,41-/m1/s1. The molecular formula is C38H26N4S. The summed E-state index contributed by atoms with van der Waals surface area (Å²) in [5.74, 6) is -0.189. The van der Waals surface area contributed by atoms with E-state index in [1.807, 2.05) is 11.3 Å². The predicted octanol–water partition coefficient (Wildman–Crippen LogP) is 9.08. The molecule has 0 radical (unpaired) electrons. The molecule has 2 aromatic heterocycles. The van der Waals surface area contributed by atoms with Gasteiger partial charge in [0.15, 0.2) is 5.79 Å². The minimum absolute atomic E-state index is 0.189. The molecule has 5 atom stereocenters. The number of nitrogens with zero attached hydrogens (tertiary/aromatic N) is 3. The number of thiophene rings is 1. The van der Waals surface area contributed by atoms with E-state index in [1.54, 1.807) is 0 Å². The van der Waals surface area contributed by atoms with Gasteiger partial charge in [-0.05, 0) is 48.0 Å². The Hall–Kier alpha value is -4.68. The van der Waals surface area contributed by atoms with Crippen molar-refractivity contribution in [1.29, 1.82) is 0 Å². The maximum absolute atomic E-state index is 4.10. The van der Waals surface area contributed by atoms with Crippen molar-refractivity contribution >= 4 is 70.4 Å². The van der Waals surface area contributed by atoms with E-state index < -0.39 is 0 Å². The number of fused-ring (bicyclic) bond motifs is 11. The van der Waals surface area contributed by atoms with E-state index >= 15 is 0 Å². The van der Waals surface area contributed by atoms with Crippen LogP contribution < -0.4 is 10.2 Å². The Bertz CT molecular complexity index is 2330. The normalized spacial score (nSPS) is 26.0. The van der Waals surface area contributed by atoms with Crippen LogP contribution in [0.2, 0.25) is 0 Å². The van der Waals surface area contributed by atoms with E-state index in [2.05, 4.69) is 153 Å². The first-order chi connectivity index (χ1) is 21.3. The second-order valence-corrected chi connectivity index (χ2v) is 13.2. The molecule has 7 aromatic rings. The quantitative estimate of drug-likeness (QED) is 0.214. The van der Waals surface area contributed by atoms with Gasteiger partial charge in [-0.2, -0.15) is 0 Å². The lowest BCUT2D eigenvalue weighted by Gasteiger charge is -2.25. The van der Waals surface area contributed by atoms with Gasteiger partial charge in [-0.3, -0.25) is 5.32 Å². The Morgan fingerprint density at radius 2 is 1.40 bits per heavy atom. The van der Waals surface area contributed by atoms with E-state index in [0.717, 1.165) is 11.4 Å². The van der Waals surface area contributed by atoms with Crippen molar-refractivity contribution in [2.24, 2.45) is 0 Å². The lowest BCUT2D eigenvalue weighted by atomic mass is 10.0. The lowest BCUT2D eigenvalue weighted by molar-refractivity contribution is 0.351. The maximum atomic E-state index is 4.10. The number of nitrogens with one attached hydrogen (secondary N) is 1. The summed E-state index contributed by atoms with van der Waals surface area (Å²) in [6.45, 7) is 0. The van der Waals surface area contributed by atoms with Gasteiger partial charge >= 0.3 is 0 Å². The highest BCUT2D eigenvalue weighted by Gasteiger charge is 2.76. The smallest absolute Gasteiger partial charge is 0.175 e. The lowest BCUT2D eigenvalue weighted by Crippen LogP contribution is -2.40. The molecule has 2 saturated heterocycles. The molecule has 2 fully saturated rings. The Labute approximate surface area is 252 Å². The third-order valence-corrected chi connectivity index (χ3v) is 11.3. The summed E-state index contributed by atoms with van der Waals surface area (Å²) in [6, 6.07) is 41.1. The zero-order chi connectivity index (χ0) is 27.9. The van der Waals surface area contributed by atoms with Gasteiger partial charge in [0.2, 0.25) is 0 Å². The van der Waals surface area contributed by atoms with Crippen LogP contribution in [0.4, 0.5) is 17.1 Å². The highest BCUT2D eigenvalue weighted by atomic mass is 32.1. The fourth-order valence-corrected chi connectivity index (χ4v) is 9.68. The Morgan fingerprint density at radius 3 is 2.21 bits per heavy atom. The number of aromatic nitrogens is 1. The largest absolute Gasteiger partial charge is 0.310 e. The molecule has 1 spiro atoms. The third kappa shape index (κ3) is 2.70. The molecule has 1 aliphatic carbocycles. The zero-order valence-electron chi connectivity index (χ0n) is 23.2. The van der Waals surface area contributed by atoms with Gasteiger partial charge in [0.05, 0.1) is 27.8 Å². The van der Waals surface area contributed by atoms with E-state index in [9.17, 15) is 0 Å². The van der Waals surface area contributed by atoms with E-state index in [1.165, 1.54) is 53.2 Å². The van der Waals surface area contributed by atoms with Crippen LogP contribution >= 0.6 is 11.3 Å². The Morgan fingerprint density at radius 1 is 0.651 bits per heavy atom. The van der Waals surface area contributed by atoms with Crippen molar-refractivity contribution in [2.45, 2.75) is 23.9 Å². The second-order valence-electron chi connectivity index (χ2n) is 12.2. The van der Waals surface area contributed by atoms with Gasteiger partial charge in [-0.1, -0.05) is 91.0 Å². The molecule has 5 heterocycles. The predicted molar refractivity (Wildman–Crippen MR) is 179 cm³/mol. The van der Waals surface area contributed by atoms with E-state index in [0.29, 0.717) is 18.1 Å². The summed E-state index contributed by atoms with van der Waals surface area (Å²) in [6.07, 6.45) is 9.10. The van der Waals surface area contributed by atoms with Crippen LogP contribution in [0.5, 0.6) is 0 Å². The summed E-state index contributed by atoms with van der Waals surface area (Å²) >= 11 is 1.93. The fourth-order valence-electron chi connectivity index (χ4n) is 8.46. The first-order valence-corrected chi connectivity index (χ1v) is 15.9. The molecule has 43 heavy (non-hydrogen) atoms. The number of rotatable bonds is 3. The summed E-state index contributed by atoms with van der Waals surface area (Å²) in [5.41, 5.74) is 7.72. The molecule has 0 amide bonds. The average molecular weight is 571 g/mol. The molecule has 4 nitrogen and oxygen atoms in total. The number of hydrogen-bond donors (Lipinski definition) is 1. The molecule has 5 heteroatoms. The average Bonchev–Trinajstić information content (AvgIpc) is 3.42. The SMILES string of the molecule is C1=CC2NC34C(c5cccc6c7ccc8c9cc(N(c%10ccccc%10)c%10ccccc%10)ccc9sc8c7n3c56)[N@@]4C2C=C1. The Balaban J connectivity index is 1.17.